The number of rotatable bonds is 6. The molecule has 0 fully saturated rings. The van der Waals surface area contributed by atoms with Crippen LogP contribution in [0.5, 0.6) is 0 Å². The summed E-state index contributed by atoms with van der Waals surface area (Å²) in [4.78, 5) is 23.6. The second-order valence-corrected chi connectivity index (χ2v) is 5.58. The summed E-state index contributed by atoms with van der Waals surface area (Å²) in [5, 5.41) is 2.84. The Morgan fingerprint density at radius 3 is 2.47 bits per heavy atom. The Bertz CT molecular complexity index is 456. The van der Waals surface area contributed by atoms with Gasteiger partial charge < -0.3 is 5.32 Å². The van der Waals surface area contributed by atoms with Crippen molar-refractivity contribution in [1.82, 2.24) is 0 Å². The van der Waals surface area contributed by atoms with E-state index in [1.807, 2.05) is 19.9 Å². The van der Waals surface area contributed by atoms with Crippen molar-refractivity contribution in [3.8, 4) is 0 Å². The summed E-state index contributed by atoms with van der Waals surface area (Å²) >= 11 is 0. The number of ketones is 1. The molecule has 1 rings (SSSR count). The molecule has 0 spiro atoms. The highest BCUT2D eigenvalue weighted by Crippen LogP contribution is 2.15. The molecular formula is C16H25NO2. The molecule has 3 nitrogen and oxygen atoms in total. The lowest BCUT2D eigenvalue weighted by atomic mass is 10.0. The lowest BCUT2D eigenvalue weighted by Gasteiger charge is -2.09. The highest BCUT2D eigenvalue weighted by atomic mass is 16.1. The molecule has 0 aliphatic rings. The second-order valence-electron chi connectivity index (χ2n) is 5.58. The Morgan fingerprint density at radius 2 is 1.89 bits per heavy atom. The summed E-state index contributed by atoms with van der Waals surface area (Å²) in [5.74, 6) is 0.577. The van der Waals surface area contributed by atoms with Crippen molar-refractivity contribution >= 4 is 17.4 Å². The number of benzene rings is 1. The van der Waals surface area contributed by atoms with Crippen LogP contribution in [0.3, 0.4) is 0 Å². The van der Waals surface area contributed by atoms with Gasteiger partial charge in [-0.25, -0.2) is 0 Å². The zero-order chi connectivity index (χ0) is 14.4. The minimum absolute atomic E-state index is 0. The number of hydrogen-bond acceptors (Lipinski definition) is 2. The molecule has 0 aromatic heterocycles. The van der Waals surface area contributed by atoms with Crippen LogP contribution in [-0.4, -0.2) is 11.7 Å². The first-order chi connectivity index (χ1) is 8.90. The van der Waals surface area contributed by atoms with Gasteiger partial charge in [-0.2, -0.15) is 0 Å². The number of carbonyl (C=O) groups is 2. The predicted octanol–water partition coefficient (Wildman–Crippen LogP) is 4.15. The standard InChI is InChI=1S/C16H23NO2.H2/c1-11(2)8-9-15(18)17-14-7-5-6-13(10-14)16(19)12(3)4;/h5-7,10-12H,8-9H2,1-4H3,(H,17,18);1H. The van der Waals surface area contributed by atoms with Gasteiger partial charge in [0.05, 0.1) is 0 Å². The van der Waals surface area contributed by atoms with Gasteiger partial charge in [0.15, 0.2) is 5.78 Å². The normalized spacial score (nSPS) is 10.8. The minimum atomic E-state index is -0.0353. The van der Waals surface area contributed by atoms with Crippen LogP contribution < -0.4 is 5.32 Å². The van der Waals surface area contributed by atoms with Gasteiger partial charge in [0, 0.05) is 25.0 Å². The fourth-order valence-corrected chi connectivity index (χ4v) is 1.73. The Morgan fingerprint density at radius 1 is 1.21 bits per heavy atom. The summed E-state index contributed by atoms with van der Waals surface area (Å²) in [6.07, 6.45) is 1.39. The molecule has 3 heteroatoms. The number of hydrogen-bond donors (Lipinski definition) is 1. The third kappa shape index (κ3) is 5.25. The van der Waals surface area contributed by atoms with Crippen molar-refractivity contribution in [3.63, 3.8) is 0 Å². The van der Waals surface area contributed by atoms with Crippen molar-refractivity contribution in [2.24, 2.45) is 11.8 Å². The number of carbonyl (C=O) groups excluding carboxylic acids is 2. The van der Waals surface area contributed by atoms with E-state index >= 15 is 0 Å². The maximum Gasteiger partial charge on any atom is 0.224 e. The summed E-state index contributed by atoms with van der Waals surface area (Å²) in [7, 11) is 0. The third-order valence-corrected chi connectivity index (χ3v) is 2.90. The van der Waals surface area contributed by atoms with E-state index in [-0.39, 0.29) is 19.0 Å². The average Bonchev–Trinajstić information content (AvgIpc) is 2.35. The van der Waals surface area contributed by atoms with Crippen LogP contribution in [0.25, 0.3) is 0 Å². The molecule has 0 saturated heterocycles. The molecule has 0 atom stereocenters. The summed E-state index contributed by atoms with van der Waals surface area (Å²) < 4.78 is 0. The van der Waals surface area contributed by atoms with Crippen molar-refractivity contribution in [2.45, 2.75) is 40.5 Å². The van der Waals surface area contributed by atoms with E-state index in [2.05, 4.69) is 19.2 Å². The first-order valence-corrected chi connectivity index (χ1v) is 6.84. The molecule has 106 valence electrons. The van der Waals surface area contributed by atoms with Crippen molar-refractivity contribution < 1.29 is 11.0 Å². The van der Waals surface area contributed by atoms with Gasteiger partial charge >= 0.3 is 0 Å². The summed E-state index contributed by atoms with van der Waals surface area (Å²) in [5.41, 5.74) is 1.34. The van der Waals surface area contributed by atoms with Crippen molar-refractivity contribution in [2.75, 3.05) is 5.32 Å². The molecule has 0 heterocycles. The van der Waals surface area contributed by atoms with Gasteiger partial charge in [0.25, 0.3) is 0 Å². The number of anilines is 1. The average molecular weight is 263 g/mol. The monoisotopic (exact) mass is 263 g/mol. The van der Waals surface area contributed by atoms with E-state index in [4.69, 9.17) is 0 Å². The molecule has 1 aromatic carbocycles. The van der Waals surface area contributed by atoms with Gasteiger partial charge in [-0.1, -0.05) is 39.8 Å². The van der Waals surface area contributed by atoms with Gasteiger partial charge in [-0.15, -0.1) is 0 Å². The molecule has 0 aliphatic heterocycles. The lowest BCUT2D eigenvalue weighted by molar-refractivity contribution is -0.116. The molecule has 1 N–H and O–H groups in total. The Hall–Kier alpha value is -1.64. The van der Waals surface area contributed by atoms with Crippen LogP contribution in [0.15, 0.2) is 24.3 Å². The summed E-state index contributed by atoms with van der Waals surface area (Å²) in [6.45, 7) is 7.93. The molecular weight excluding hydrogens is 238 g/mol. The molecule has 1 aromatic rings. The third-order valence-electron chi connectivity index (χ3n) is 2.90. The van der Waals surface area contributed by atoms with Gasteiger partial charge in [-0.05, 0) is 24.5 Å². The first-order valence-electron chi connectivity index (χ1n) is 6.84. The van der Waals surface area contributed by atoms with Gasteiger partial charge in [-0.3, -0.25) is 9.59 Å². The van der Waals surface area contributed by atoms with Crippen LogP contribution in [0.1, 0.15) is 52.3 Å². The van der Waals surface area contributed by atoms with E-state index < -0.39 is 0 Å². The number of Topliss-reactive ketones (excluding diaryl/α,β-unsaturated/α-hetero) is 1. The minimum Gasteiger partial charge on any atom is -0.326 e. The number of nitrogens with one attached hydrogen (secondary N) is 1. The smallest absolute Gasteiger partial charge is 0.224 e. The van der Waals surface area contributed by atoms with Crippen LogP contribution >= 0.6 is 0 Å². The second kappa shape index (κ2) is 7.07. The Balaban J connectivity index is 0.00000361. The predicted molar refractivity (Wildman–Crippen MR) is 80.4 cm³/mol. The Kier molecular flexibility index (Phi) is 5.74. The van der Waals surface area contributed by atoms with Gasteiger partial charge in [0.2, 0.25) is 5.91 Å². The lowest BCUT2D eigenvalue weighted by Crippen LogP contribution is -2.13. The summed E-state index contributed by atoms with van der Waals surface area (Å²) in [6, 6.07) is 7.14. The molecule has 0 bridgehead atoms. The van der Waals surface area contributed by atoms with E-state index in [1.165, 1.54) is 0 Å². The quantitative estimate of drug-likeness (QED) is 0.784. The maximum absolute atomic E-state index is 11.9. The van der Waals surface area contributed by atoms with Gasteiger partial charge in [0.1, 0.15) is 0 Å². The van der Waals surface area contributed by atoms with Crippen LogP contribution in [-0.2, 0) is 4.79 Å². The van der Waals surface area contributed by atoms with Crippen molar-refractivity contribution in [3.05, 3.63) is 29.8 Å². The highest BCUT2D eigenvalue weighted by molar-refractivity contribution is 5.99. The SMILES string of the molecule is CC(C)CCC(=O)Nc1cccc(C(=O)C(C)C)c1.[HH]. The molecule has 19 heavy (non-hydrogen) atoms. The first kappa shape index (κ1) is 15.4. The molecule has 0 aliphatic carbocycles. The fourth-order valence-electron chi connectivity index (χ4n) is 1.73. The highest BCUT2D eigenvalue weighted by Gasteiger charge is 2.11. The molecule has 0 unspecified atom stereocenters. The topological polar surface area (TPSA) is 46.2 Å². The molecule has 0 saturated carbocycles. The fraction of sp³-hybridized carbons (Fsp3) is 0.500. The molecule has 0 radical (unpaired) electrons. The van der Waals surface area contributed by atoms with Crippen LogP contribution in [0.2, 0.25) is 0 Å². The zero-order valence-corrected chi connectivity index (χ0v) is 12.2. The van der Waals surface area contributed by atoms with E-state index in [0.717, 1.165) is 6.42 Å². The maximum atomic E-state index is 11.9. The van der Waals surface area contributed by atoms with E-state index in [1.54, 1.807) is 18.2 Å². The van der Waals surface area contributed by atoms with E-state index in [9.17, 15) is 9.59 Å². The van der Waals surface area contributed by atoms with Crippen molar-refractivity contribution in [1.29, 1.82) is 0 Å². The van der Waals surface area contributed by atoms with Crippen LogP contribution in [0, 0.1) is 11.8 Å². The van der Waals surface area contributed by atoms with E-state index in [0.29, 0.717) is 23.6 Å². The zero-order valence-electron chi connectivity index (χ0n) is 12.2. The number of amides is 1. The Labute approximate surface area is 116 Å². The van der Waals surface area contributed by atoms with Crippen LogP contribution in [0.4, 0.5) is 5.69 Å². The largest absolute Gasteiger partial charge is 0.326 e. The molecule has 1 amide bonds.